The number of carboxylic acids is 1. The van der Waals surface area contributed by atoms with Crippen LogP contribution in [-0.2, 0) is 4.79 Å². The van der Waals surface area contributed by atoms with E-state index in [1.54, 1.807) is 0 Å². The Hall–Kier alpha value is -0.750. The van der Waals surface area contributed by atoms with Gasteiger partial charge in [-0.25, -0.2) is 8.78 Å². The summed E-state index contributed by atoms with van der Waals surface area (Å²) in [5.74, 6) is 0.291. The van der Waals surface area contributed by atoms with Crippen LogP contribution in [0.15, 0.2) is 0 Å². The maximum Gasteiger partial charge on any atom is 0.303 e. The third-order valence-electron chi connectivity index (χ3n) is 4.15. The van der Waals surface area contributed by atoms with Crippen molar-refractivity contribution in [3.8, 4) is 0 Å². The molecule has 0 spiro atoms. The van der Waals surface area contributed by atoms with Crippen LogP contribution in [0, 0.1) is 11.8 Å². The van der Waals surface area contributed by atoms with Crippen molar-refractivity contribution >= 4 is 5.97 Å². The van der Waals surface area contributed by atoms with E-state index in [0.717, 1.165) is 32.0 Å². The minimum absolute atomic E-state index is 0.0651. The minimum Gasteiger partial charge on any atom is -0.481 e. The number of hydrogen-bond donors (Lipinski definition) is 2. The summed E-state index contributed by atoms with van der Waals surface area (Å²) in [5.41, 5.74) is 0. The molecule has 1 aliphatic heterocycles. The fraction of sp³-hybridized carbons (Fsp3) is 0.929. The zero-order chi connectivity index (χ0) is 14.5. The molecule has 0 aromatic rings. The predicted octanol–water partition coefficient (Wildman–Crippen LogP) is 1.81. The number of carboxylic acid groups (broad SMARTS) is 1. The maximum absolute atomic E-state index is 12.3. The summed E-state index contributed by atoms with van der Waals surface area (Å²) in [4.78, 5) is 13.0. The van der Waals surface area contributed by atoms with E-state index >= 15 is 0 Å². The van der Waals surface area contributed by atoms with Crippen LogP contribution in [0.1, 0.15) is 32.1 Å². The first kappa shape index (κ1) is 15.6. The minimum atomic E-state index is -2.33. The number of nitrogens with one attached hydrogen (secondary N) is 1. The number of alkyl halides is 2. The van der Waals surface area contributed by atoms with E-state index in [9.17, 15) is 13.6 Å². The van der Waals surface area contributed by atoms with Gasteiger partial charge in [-0.15, -0.1) is 0 Å². The zero-order valence-corrected chi connectivity index (χ0v) is 11.7. The van der Waals surface area contributed by atoms with Crippen LogP contribution in [0.2, 0.25) is 0 Å². The van der Waals surface area contributed by atoms with Gasteiger partial charge >= 0.3 is 5.97 Å². The fourth-order valence-corrected chi connectivity index (χ4v) is 3.06. The summed E-state index contributed by atoms with van der Waals surface area (Å²) < 4.78 is 24.6. The van der Waals surface area contributed by atoms with Crippen molar-refractivity contribution in [2.45, 2.75) is 44.6 Å². The molecule has 6 heteroatoms. The van der Waals surface area contributed by atoms with Gasteiger partial charge in [0, 0.05) is 32.1 Å². The number of likely N-dealkylation sites (tertiary alicyclic amines) is 1. The van der Waals surface area contributed by atoms with Gasteiger partial charge in [-0.3, -0.25) is 4.79 Å². The lowest BCUT2D eigenvalue weighted by atomic mass is 9.90. The van der Waals surface area contributed by atoms with Crippen molar-refractivity contribution in [3.63, 3.8) is 0 Å². The van der Waals surface area contributed by atoms with Crippen molar-refractivity contribution in [1.29, 1.82) is 0 Å². The molecule has 1 heterocycles. The standard InChI is InChI=1S/C14H24F2N2O2/c15-13(16)6-17-12-5-11(3-4-14(19)20)8-18(9-12)7-10-1-2-10/h10-13,17H,1-9H2,(H,19,20). The Morgan fingerprint density at radius 1 is 1.30 bits per heavy atom. The molecule has 2 fully saturated rings. The van der Waals surface area contributed by atoms with Crippen LogP contribution in [0.4, 0.5) is 8.78 Å². The summed E-state index contributed by atoms with van der Waals surface area (Å²) in [5, 5.41) is 11.7. The fourth-order valence-electron chi connectivity index (χ4n) is 3.06. The SMILES string of the molecule is O=C(O)CCC1CC(NCC(F)F)CN(CC2CC2)C1. The molecule has 1 saturated carbocycles. The van der Waals surface area contributed by atoms with E-state index < -0.39 is 12.4 Å². The Kier molecular flexibility index (Phi) is 5.72. The molecule has 2 N–H and O–H groups in total. The van der Waals surface area contributed by atoms with E-state index in [-0.39, 0.29) is 19.0 Å². The maximum atomic E-state index is 12.3. The first-order valence-corrected chi connectivity index (χ1v) is 7.48. The normalized spacial score (nSPS) is 27.9. The monoisotopic (exact) mass is 290 g/mol. The van der Waals surface area contributed by atoms with Gasteiger partial charge in [-0.1, -0.05) is 0 Å². The third-order valence-corrected chi connectivity index (χ3v) is 4.15. The molecule has 2 unspecified atom stereocenters. The molecule has 116 valence electrons. The smallest absolute Gasteiger partial charge is 0.303 e. The second-order valence-corrected chi connectivity index (χ2v) is 6.19. The first-order chi connectivity index (χ1) is 9.52. The number of aliphatic carboxylic acids is 1. The predicted molar refractivity (Wildman–Crippen MR) is 71.9 cm³/mol. The molecule has 20 heavy (non-hydrogen) atoms. The molecule has 0 aromatic carbocycles. The average molecular weight is 290 g/mol. The Balaban J connectivity index is 1.81. The molecule has 2 atom stereocenters. The molecule has 2 aliphatic rings. The van der Waals surface area contributed by atoms with Crippen LogP contribution in [0.25, 0.3) is 0 Å². The number of hydrogen-bond acceptors (Lipinski definition) is 3. The van der Waals surface area contributed by atoms with E-state index in [4.69, 9.17) is 5.11 Å². The van der Waals surface area contributed by atoms with Crippen LogP contribution < -0.4 is 5.32 Å². The van der Waals surface area contributed by atoms with Crippen LogP contribution in [0.5, 0.6) is 0 Å². The van der Waals surface area contributed by atoms with Crippen molar-refractivity contribution < 1.29 is 18.7 Å². The topological polar surface area (TPSA) is 52.6 Å². The second kappa shape index (κ2) is 7.31. The molecular weight excluding hydrogens is 266 g/mol. The lowest BCUT2D eigenvalue weighted by Gasteiger charge is -2.38. The zero-order valence-electron chi connectivity index (χ0n) is 11.7. The highest BCUT2D eigenvalue weighted by Crippen LogP contribution is 2.32. The van der Waals surface area contributed by atoms with Gasteiger partial charge in [0.2, 0.25) is 0 Å². The highest BCUT2D eigenvalue weighted by atomic mass is 19.3. The quantitative estimate of drug-likeness (QED) is 0.716. The summed E-state index contributed by atoms with van der Waals surface area (Å²) in [6.45, 7) is 2.49. The first-order valence-electron chi connectivity index (χ1n) is 7.48. The summed E-state index contributed by atoms with van der Waals surface area (Å²) in [7, 11) is 0. The summed E-state index contributed by atoms with van der Waals surface area (Å²) >= 11 is 0. The molecular formula is C14H24F2N2O2. The van der Waals surface area contributed by atoms with Gasteiger partial charge in [0.15, 0.2) is 0 Å². The van der Waals surface area contributed by atoms with Gasteiger partial charge in [0.1, 0.15) is 0 Å². The number of halogens is 2. The van der Waals surface area contributed by atoms with Crippen molar-refractivity contribution in [1.82, 2.24) is 10.2 Å². The lowest BCUT2D eigenvalue weighted by molar-refractivity contribution is -0.137. The van der Waals surface area contributed by atoms with E-state index in [1.807, 2.05) is 0 Å². The molecule has 2 rings (SSSR count). The summed E-state index contributed by atoms with van der Waals surface area (Å²) in [6.07, 6.45) is 1.83. The number of rotatable bonds is 8. The Bertz CT molecular complexity index is 324. The van der Waals surface area contributed by atoms with Gasteiger partial charge in [0.25, 0.3) is 6.43 Å². The second-order valence-electron chi connectivity index (χ2n) is 6.19. The van der Waals surface area contributed by atoms with Gasteiger partial charge in [-0.2, -0.15) is 0 Å². The van der Waals surface area contributed by atoms with E-state index in [2.05, 4.69) is 10.2 Å². The number of piperidine rings is 1. The number of nitrogens with zero attached hydrogens (tertiary/aromatic N) is 1. The van der Waals surface area contributed by atoms with Gasteiger partial charge in [0.05, 0.1) is 6.54 Å². The molecule has 4 nitrogen and oxygen atoms in total. The van der Waals surface area contributed by atoms with E-state index in [0.29, 0.717) is 12.3 Å². The average Bonchev–Trinajstić information content (AvgIpc) is 3.17. The van der Waals surface area contributed by atoms with Crippen LogP contribution in [0.3, 0.4) is 0 Å². The molecule has 1 saturated heterocycles. The Labute approximate surface area is 118 Å². The van der Waals surface area contributed by atoms with Crippen molar-refractivity contribution in [3.05, 3.63) is 0 Å². The largest absolute Gasteiger partial charge is 0.481 e. The molecule has 0 aromatic heterocycles. The van der Waals surface area contributed by atoms with Gasteiger partial charge in [-0.05, 0) is 37.5 Å². The van der Waals surface area contributed by atoms with Crippen molar-refractivity contribution in [2.24, 2.45) is 11.8 Å². The van der Waals surface area contributed by atoms with Crippen LogP contribution in [-0.4, -0.2) is 54.6 Å². The van der Waals surface area contributed by atoms with Gasteiger partial charge < -0.3 is 15.3 Å². The van der Waals surface area contributed by atoms with E-state index in [1.165, 1.54) is 12.8 Å². The molecule has 0 radical (unpaired) electrons. The molecule has 0 amide bonds. The number of carbonyl (C=O) groups is 1. The Morgan fingerprint density at radius 3 is 2.65 bits per heavy atom. The summed E-state index contributed by atoms with van der Waals surface area (Å²) in [6, 6.07) is 0.0651. The molecule has 0 bridgehead atoms. The highest BCUT2D eigenvalue weighted by molar-refractivity contribution is 5.66. The Morgan fingerprint density at radius 2 is 2.05 bits per heavy atom. The highest BCUT2D eigenvalue weighted by Gasteiger charge is 2.31. The van der Waals surface area contributed by atoms with Crippen molar-refractivity contribution in [2.75, 3.05) is 26.2 Å². The molecule has 1 aliphatic carbocycles. The van der Waals surface area contributed by atoms with Crippen LogP contribution >= 0.6 is 0 Å². The lowest BCUT2D eigenvalue weighted by Crippen LogP contribution is -2.50. The third kappa shape index (κ3) is 5.71.